The minimum atomic E-state index is 0.164. The Morgan fingerprint density at radius 1 is 1.30 bits per heavy atom. The van der Waals surface area contributed by atoms with Crippen LogP contribution in [0.25, 0.3) is 10.9 Å². The standard InChI is InChI=1S/C22H27N3OS/c1-14(2)12-20-24-15(3)21(27-20)22(26)25-10-8-16(9-11-25)18-13-23-19-7-5-4-6-17(18)19/h4-7,13-14,16,23H,8-12H2,1-3H3. The topological polar surface area (TPSA) is 49.0 Å². The van der Waals surface area contributed by atoms with E-state index in [1.54, 1.807) is 11.3 Å². The molecular formula is C22H27N3OS. The highest BCUT2D eigenvalue weighted by atomic mass is 32.1. The molecule has 0 radical (unpaired) electrons. The van der Waals surface area contributed by atoms with Crippen LogP contribution in [0.15, 0.2) is 30.5 Å². The van der Waals surface area contributed by atoms with E-state index in [9.17, 15) is 4.79 Å². The molecule has 1 N–H and O–H groups in total. The molecule has 27 heavy (non-hydrogen) atoms. The van der Waals surface area contributed by atoms with Gasteiger partial charge in [0, 0.05) is 36.6 Å². The number of aromatic nitrogens is 2. The monoisotopic (exact) mass is 381 g/mol. The number of piperidine rings is 1. The second-order valence-electron chi connectivity index (χ2n) is 7.98. The summed E-state index contributed by atoms with van der Waals surface area (Å²) >= 11 is 1.58. The molecule has 2 aromatic heterocycles. The Hall–Kier alpha value is -2.14. The molecule has 1 aliphatic rings. The Morgan fingerprint density at radius 2 is 2.04 bits per heavy atom. The molecule has 3 heterocycles. The molecule has 0 atom stereocenters. The summed E-state index contributed by atoms with van der Waals surface area (Å²) < 4.78 is 0. The number of nitrogens with zero attached hydrogens (tertiary/aromatic N) is 2. The third kappa shape index (κ3) is 3.65. The van der Waals surface area contributed by atoms with Crippen molar-refractivity contribution in [1.29, 1.82) is 0 Å². The molecule has 1 saturated heterocycles. The maximum absolute atomic E-state index is 13.0. The number of H-pyrrole nitrogens is 1. The average Bonchev–Trinajstić information content (AvgIpc) is 3.24. The zero-order valence-electron chi connectivity index (χ0n) is 16.3. The smallest absolute Gasteiger partial charge is 0.265 e. The first-order valence-electron chi connectivity index (χ1n) is 9.84. The lowest BCUT2D eigenvalue weighted by Crippen LogP contribution is -2.37. The zero-order valence-corrected chi connectivity index (χ0v) is 17.1. The van der Waals surface area contributed by atoms with E-state index in [-0.39, 0.29) is 5.91 Å². The summed E-state index contributed by atoms with van der Waals surface area (Å²) in [6.45, 7) is 7.98. The molecule has 142 valence electrons. The van der Waals surface area contributed by atoms with Gasteiger partial charge in [-0.25, -0.2) is 4.98 Å². The lowest BCUT2D eigenvalue weighted by atomic mass is 9.89. The number of carbonyl (C=O) groups excluding carboxylic acids is 1. The van der Waals surface area contributed by atoms with Gasteiger partial charge in [0.15, 0.2) is 0 Å². The maximum atomic E-state index is 13.0. The van der Waals surface area contributed by atoms with Crippen LogP contribution in [0, 0.1) is 12.8 Å². The van der Waals surface area contributed by atoms with Crippen LogP contribution >= 0.6 is 11.3 Å². The minimum Gasteiger partial charge on any atom is -0.361 e. The van der Waals surface area contributed by atoms with E-state index in [1.807, 2.05) is 11.8 Å². The number of aromatic amines is 1. The second-order valence-corrected chi connectivity index (χ2v) is 9.06. The van der Waals surface area contributed by atoms with E-state index in [0.717, 1.165) is 47.9 Å². The lowest BCUT2D eigenvalue weighted by Gasteiger charge is -2.31. The Morgan fingerprint density at radius 3 is 2.78 bits per heavy atom. The van der Waals surface area contributed by atoms with E-state index in [2.05, 4.69) is 54.3 Å². The van der Waals surface area contributed by atoms with Gasteiger partial charge in [-0.15, -0.1) is 11.3 Å². The molecule has 5 heteroatoms. The van der Waals surface area contributed by atoms with E-state index in [4.69, 9.17) is 0 Å². The fourth-order valence-corrected chi connectivity index (χ4v) is 5.30. The van der Waals surface area contributed by atoms with Crippen LogP contribution in [0.4, 0.5) is 0 Å². The number of nitrogens with one attached hydrogen (secondary N) is 1. The number of amides is 1. The zero-order chi connectivity index (χ0) is 19.0. The van der Waals surface area contributed by atoms with Gasteiger partial charge in [-0.2, -0.15) is 0 Å². The van der Waals surface area contributed by atoms with Crippen molar-refractivity contribution >= 4 is 28.1 Å². The normalized spacial score (nSPS) is 15.8. The number of thiazole rings is 1. The van der Waals surface area contributed by atoms with Crippen molar-refractivity contribution in [2.45, 2.75) is 46.0 Å². The predicted octanol–water partition coefficient (Wildman–Crippen LogP) is 5.15. The van der Waals surface area contributed by atoms with Crippen LogP contribution in [-0.4, -0.2) is 33.9 Å². The highest BCUT2D eigenvalue weighted by Crippen LogP contribution is 2.34. The quantitative estimate of drug-likeness (QED) is 0.679. The van der Waals surface area contributed by atoms with E-state index in [1.165, 1.54) is 16.5 Å². The molecule has 1 fully saturated rings. The Balaban J connectivity index is 1.45. The summed E-state index contributed by atoms with van der Waals surface area (Å²) in [6, 6.07) is 8.48. The predicted molar refractivity (Wildman–Crippen MR) is 112 cm³/mol. The molecule has 0 bridgehead atoms. The number of carbonyl (C=O) groups is 1. The minimum absolute atomic E-state index is 0.164. The Kier molecular flexibility index (Phi) is 5.04. The van der Waals surface area contributed by atoms with Gasteiger partial charge in [-0.3, -0.25) is 4.79 Å². The van der Waals surface area contributed by atoms with Crippen molar-refractivity contribution in [3.63, 3.8) is 0 Å². The lowest BCUT2D eigenvalue weighted by molar-refractivity contribution is 0.0717. The number of aryl methyl sites for hydroxylation is 1. The van der Waals surface area contributed by atoms with Gasteiger partial charge >= 0.3 is 0 Å². The van der Waals surface area contributed by atoms with Crippen molar-refractivity contribution < 1.29 is 4.79 Å². The van der Waals surface area contributed by atoms with Gasteiger partial charge in [-0.05, 0) is 43.2 Å². The summed E-state index contributed by atoms with van der Waals surface area (Å²) in [5.74, 6) is 1.24. The molecule has 0 unspecified atom stereocenters. The molecule has 0 aliphatic carbocycles. The first-order chi connectivity index (χ1) is 13.0. The SMILES string of the molecule is Cc1nc(CC(C)C)sc1C(=O)N1CCC(c2c[nH]c3ccccc23)CC1. The van der Waals surface area contributed by atoms with Gasteiger partial charge < -0.3 is 9.88 Å². The second kappa shape index (κ2) is 7.47. The van der Waals surface area contributed by atoms with Crippen molar-refractivity contribution in [1.82, 2.24) is 14.9 Å². The van der Waals surface area contributed by atoms with Crippen LogP contribution in [0.2, 0.25) is 0 Å². The largest absolute Gasteiger partial charge is 0.361 e. The van der Waals surface area contributed by atoms with Crippen molar-refractivity contribution in [2.75, 3.05) is 13.1 Å². The van der Waals surface area contributed by atoms with Crippen LogP contribution in [0.5, 0.6) is 0 Å². The average molecular weight is 382 g/mol. The number of hydrogen-bond donors (Lipinski definition) is 1. The summed E-state index contributed by atoms with van der Waals surface area (Å²) in [4.78, 5) is 23.9. The number of likely N-dealkylation sites (tertiary alicyclic amines) is 1. The van der Waals surface area contributed by atoms with Gasteiger partial charge in [0.1, 0.15) is 4.88 Å². The van der Waals surface area contributed by atoms with Crippen LogP contribution in [-0.2, 0) is 6.42 Å². The van der Waals surface area contributed by atoms with Crippen LogP contribution in [0.3, 0.4) is 0 Å². The first kappa shape index (κ1) is 18.2. The molecule has 1 amide bonds. The summed E-state index contributed by atoms with van der Waals surface area (Å²) in [5, 5.41) is 2.40. The first-order valence-corrected chi connectivity index (χ1v) is 10.7. The molecular weight excluding hydrogens is 354 g/mol. The number of hydrogen-bond acceptors (Lipinski definition) is 3. The highest BCUT2D eigenvalue weighted by molar-refractivity contribution is 7.13. The highest BCUT2D eigenvalue weighted by Gasteiger charge is 2.28. The fourth-order valence-electron chi connectivity index (χ4n) is 4.06. The number of fused-ring (bicyclic) bond motifs is 1. The third-order valence-electron chi connectivity index (χ3n) is 5.46. The van der Waals surface area contributed by atoms with Crippen molar-refractivity contribution in [3.8, 4) is 0 Å². The van der Waals surface area contributed by atoms with Gasteiger partial charge in [0.25, 0.3) is 5.91 Å². The Bertz CT molecular complexity index is 948. The number of benzene rings is 1. The summed E-state index contributed by atoms with van der Waals surface area (Å²) in [5.41, 5.74) is 3.48. The van der Waals surface area contributed by atoms with Gasteiger partial charge in [-0.1, -0.05) is 32.0 Å². The summed E-state index contributed by atoms with van der Waals surface area (Å²) in [6.07, 6.45) is 5.13. The summed E-state index contributed by atoms with van der Waals surface area (Å²) in [7, 11) is 0. The fraction of sp³-hybridized carbons (Fsp3) is 0.455. The molecule has 0 saturated carbocycles. The molecule has 0 spiro atoms. The Labute approximate surface area is 164 Å². The van der Waals surface area contributed by atoms with Crippen LogP contribution in [0.1, 0.15) is 58.5 Å². The number of rotatable bonds is 4. The van der Waals surface area contributed by atoms with E-state index >= 15 is 0 Å². The molecule has 3 aromatic rings. The van der Waals surface area contributed by atoms with Crippen molar-refractivity contribution in [3.05, 3.63) is 51.6 Å². The third-order valence-corrected chi connectivity index (χ3v) is 6.63. The van der Waals surface area contributed by atoms with E-state index < -0.39 is 0 Å². The van der Waals surface area contributed by atoms with Crippen molar-refractivity contribution in [2.24, 2.45) is 5.92 Å². The molecule has 4 rings (SSSR count). The maximum Gasteiger partial charge on any atom is 0.265 e. The molecule has 1 aromatic carbocycles. The van der Waals surface area contributed by atoms with Crippen LogP contribution < -0.4 is 0 Å². The van der Waals surface area contributed by atoms with E-state index in [0.29, 0.717) is 11.8 Å². The van der Waals surface area contributed by atoms with Gasteiger partial charge in [0.2, 0.25) is 0 Å². The molecule has 4 nitrogen and oxygen atoms in total. The molecule has 1 aliphatic heterocycles. The van der Waals surface area contributed by atoms with Gasteiger partial charge in [0.05, 0.1) is 10.7 Å². The number of para-hydroxylation sites is 1.